The van der Waals surface area contributed by atoms with Gasteiger partial charge in [-0.2, -0.15) is 0 Å². The number of thiophene rings is 1. The fourth-order valence-electron chi connectivity index (χ4n) is 3.65. The highest BCUT2D eigenvalue weighted by Crippen LogP contribution is 2.27. The molecule has 1 aliphatic carbocycles. The number of likely N-dealkylation sites (tertiary alicyclic amines) is 1. The lowest BCUT2D eigenvalue weighted by Crippen LogP contribution is -2.45. The largest absolute Gasteiger partial charge is 0.352 e. The summed E-state index contributed by atoms with van der Waals surface area (Å²) in [5, 5.41) is 6.84. The van der Waals surface area contributed by atoms with Crippen LogP contribution in [0.25, 0.3) is 0 Å². The van der Waals surface area contributed by atoms with Crippen LogP contribution in [0.5, 0.6) is 0 Å². The molecule has 1 atom stereocenters. The number of halogens is 1. The van der Waals surface area contributed by atoms with E-state index in [9.17, 15) is 4.79 Å². The first-order chi connectivity index (χ1) is 11.7. The van der Waals surface area contributed by atoms with E-state index in [2.05, 4.69) is 34.7 Å². The molecule has 0 radical (unpaired) electrons. The molecule has 2 N–H and O–H groups in total. The summed E-state index contributed by atoms with van der Waals surface area (Å²) < 4.78 is 0. The molecule has 0 spiro atoms. The third-order valence-electron chi connectivity index (χ3n) is 4.99. The highest BCUT2D eigenvalue weighted by Gasteiger charge is 2.32. The van der Waals surface area contributed by atoms with E-state index in [0.717, 1.165) is 44.9 Å². The molecule has 1 aromatic heterocycles. The number of guanidine groups is 1. The molecule has 0 aromatic carbocycles. The zero-order valence-corrected chi connectivity index (χ0v) is 18.2. The molecule has 0 bridgehead atoms. The van der Waals surface area contributed by atoms with Gasteiger partial charge in [0.15, 0.2) is 5.96 Å². The molecular formula is C18H29IN4OS. The Morgan fingerprint density at radius 1 is 1.32 bits per heavy atom. The van der Waals surface area contributed by atoms with Gasteiger partial charge in [-0.05, 0) is 38.3 Å². The van der Waals surface area contributed by atoms with E-state index in [1.54, 1.807) is 18.4 Å². The van der Waals surface area contributed by atoms with Gasteiger partial charge in [-0.15, -0.1) is 35.3 Å². The van der Waals surface area contributed by atoms with Gasteiger partial charge in [0.05, 0.1) is 6.54 Å². The fourth-order valence-corrected chi connectivity index (χ4v) is 4.48. The molecule has 2 heterocycles. The number of rotatable bonds is 4. The van der Waals surface area contributed by atoms with Gasteiger partial charge in [0.25, 0.3) is 0 Å². The first-order valence-electron chi connectivity index (χ1n) is 8.97. The standard InChI is InChI=1S/C18H28N4OS.HI/c1-13-7-8-16(24-13)11-20-18(19-2)21-15-9-10-22(12-15)17(23)14-5-3-4-6-14;/h7-8,14-15H,3-6,9-12H2,1-2H3,(H2,19,20,21);1H. The molecule has 7 heteroatoms. The van der Waals surface area contributed by atoms with Gasteiger partial charge in [-0.1, -0.05) is 12.8 Å². The summed E-state index contributed by atoms with van der Waals surface area (Å²) >= 11 is 1.80. The lowest BCUT2D eigenvalue weighted by atomic mass is 10.1. The zero-order valence-electron chi connectivity index (χ0n) is 15.1. The molecule has 3 rings (SSSR count). The zero-order chi connectivity index (χ0) is 16.9. The normalized spacial score (nSPS) is 21.3. The van der Waals surface area contributed by atoms with Gasteiger partial charge in [0.1, 0.15) is 0 Å². The number of nitrogens with zero attached hydrogens (tertiary/aromatic N) is 2. The number of aliphatic imine (C=N–C) groups is 1. The maximum absolute atomic E-state index is 12.5. The van der Waals surface area contributed by atoms with Gasteiger partial charge in [-0.25, -0.2) is 0 Å². The Morgan fingerprint density at radius 2 is 2.08 bits per heavy atom. The minimum absolute atomic E-state index is 0. The van der Waals surface area contributed by atoms with Crippen molar-refractivity contribution in [2.24, 2.45) is 10.9 Å². The van der Waals surface area contributed by atoms with Crippen LogP contribution < -0.4 is 10.6 Å². The van der Waals surface area contributed by atoms with Gasteiger partial charge in [-0.3, -0.25) is 9.79 Å². The number of hydrogen-bond donors (Lipinski definition) is 2. The highest BCUT2D eigenvalue weighted by molar-refractivity contribution is 14.0. The van der Waals surface area contributed by atoms with E-state index in [0.29, 0.717) is 11.9 Å². The van der Waals surface area contributed by atoms with Crippen molar-refractivity contribution in [3.63, 3.8) is 0 Å². The highest BCUT2D eigenvalue weighted by atomic mass is 127. The van der Waals surface area contributed by atoms with Gasteiger partial charge >= 0.3 is 0 Å². The quantitative estimate of drug-likeness (QED) is 0.399. The van der Waals surface area contributed by atoms with E-state index < -0.39 is 0 Å². The van der Waals surface area contributed by atoms with Crippen molar-refractivity contribution in [2.45, 2.75) is 51.6 Å². The molecule has 140 valence electrons. The summed E-state index contributed by atoms with van der Waals surface area (Å²) in [6.07, 6.45) is 5.58. The van der Waals surface area contributed by atoms with Crippen LogP contribution in [-0.2, 0) is 11.3 Å². The van der Waals surface area contributed by atoms with Crippen LogP contribution in [-0.4, -0.2) is 42.9 Å². The van der Waals surface area contributed by atoms with Crippen molar-refractivity contribution < 1.29 is 4.79 Å². The summed E-state index contributed by atoms with van der Waals surface area (Å²) in [5.74, 6) is 1.47. The van der Waals surface area contributed by atoms with Crippen LogP contribution in [0.15, 0.2) is 17.1 Å². The summed E-state index contributed by atoms with van der Waals surface area (Å²) in [6.45, 7) is 4.58. The third-order valence-corrected chi connectivity index (χ3v) is 6.00. The summed E-state index contributed by atoms with van der Waals surface area (Å²) in [6, 6.07) is 4.59. The third kappa shape index (κ3) is 5.57. The molecule has 1 saturated carbocycles. The summed E-state index contributed by atoms with van der Waals surface area (Å²) in [5.41, 5.74) is 0. The Balaban J connectivity index is 0.00000225. The van der Waals surface area contributed by atoms with Crippen LogP contribution in [0, 0.1) is 12.8 Å². The van der Waals surface area contributed by atoms with Gasteiger partial charge < -0.3 is 15.5 Å². The second-order valence-electron chi connectivity index (χ2n) is 6.83. The first-order valence-corrected chi connectivity index (χ1v) is 9.78. The average Bonchev–Trinajstić information content (AvgIpc) is 3.32. The van der Waals surface area contributed by atoms with Gasteiger partial charge in [0, 0.05) is 41.9 Å². The van der Waals surface area contributed by atoms with Crippen molar-refractivity contribution in [3.05, 3.63) is 21.9 Å². The van der Waals surface area contributed by atoms with Gasteiger partial charge in [0.2, 0.25) is 5.91 Å². The predicted octanol–water partition coefficient (Wildman–Crippen LogP) is 3.13. The smallest absolute Gasteiger partial charge is 0.225 e. The Kier molecular flexibility index (Phi) is 7.99. The molecular weight excluding hydrogens is 447 g/mol. The lowest BCUT2D eigenvalue weighted by molar-refractivity contribution is -0.134. The monoisotopic (exact) mass is 476 g/mol. The number of carbonyl (C=O) groups excluding carboxylic acids is 1. The van der Waals surface area contributed by atoms with Crippen LogP contribution in [0.1, 0.15) is 41.9 Å². The van der Waals surface area contributed by atoms with Crippen LogP contribution in [0.4, 0.5) is 0 Å². The molecule has 1 aliphatic heterocycles. The molecule has 5 nitrogen and oxygen atoms in total. The molecule has 25 heavy (non-hydrogen) atoms. The van der Waals surface area contributed by atoms with Crippen molar-refractivity contribution in [2.75, 3.05) is 20.1 Å². The molecule has 2 aliphatic rings. The number of aryl methyl sites for hydroxylation is 1. The lowest BCUT2D eigenvalue weighted by Gasteiger charge is -2.21. The fraction of sp³-hybridized carbons (Fsp3) is 0.667. The number of carbonyl (C=O) groups is 1. The Morgan fingerprint density at radius 3 is 2.72 bits per heavy atom. The van der Waals surface area contributed by atoms with Crippen molar-refractivity contribution in [1.82, 2.24) is 15.5 Å². The van der Waals surface area contributed by atoms with Crippen molar-refractivity contribution in [1.29, 1.82) is 0 Å². The van der Waals surface area contributed by atoms with E-state index in [1.807, 2.05) is 4.90 Å². The maximum Gasteiger partial charge on any atom is 0.225 e. The topological polar surface area (TPSA) is 56.7 Å². The first kappa shape index (κ1) is 20.5. The van der Waals surface area contributed by atoms with Crippen LogP contribution in [0.3, 0.4) is 0 Å². The molecule has 1 aromatic rings. The number of nitrogens with one attached hydrogen (secondary N) is 2. The second kappa shape index (κ2) is 9.75. The van der Waals surface area contributed by atoms with E-state index in [1.165, 1.54) is 22.6 Å². The number of amides is 1. The SMILES string of the molecule is CN=C(NCc1ccc(C)s1)NC1CCN(C(=O)C2CCCC2)C1.I. The van der Waals surface area contributed by atoms with E-state index in [4.69, 9.17) is 0 Å². The summed E-state index contributed by atoms with van der Waals surface area (Å²) in [7, 11) is 1.80. The molecule has 1 saturated heterocycles. The molecule has 1 unspecified atom stereocenters. The number of hydrogen-bond acceptors (Lipinski definition) is 3. The van der Waals surface area contributed by atoms with Crippen molar-refractivity contribution in [3.8, 4) is 0 Å². The molecule has 1 amide bonds. The van der Waals surface area contributed by atoms with E-state index in [-0.39, 0.29) is 29.9 Å². The maximum atomic E-state index is 12.5. The predicted molar refractivity (Wildman–Crippen MR) is 115 cm³/mol. The molecule has 2 fully saturated rings. The Bertz CT molecular complexity index is 598. The van der Waals surface area contributed by atoms with Crippen LogP contribution in [0.2, 0.25) is 0 Å². The van der Waals surface area contributed by atoms with E-state index >= 15 is 0 Å². The second-order valence-corrected chi connectivity index (χ2v) is 8.21. The minimum Gasteiger partial charge on any atom is -0.352 e. The Labute approximate surface area is 171 Å². The summed E-state index contributed by atoms with van der Waals surface area (Å²) in [4.78, 5) is 21.5. The minimum atomic E-state index is 0. The average molecular weight is 476 g/mol. The van der Waals surface area contributed by atoms with Crippen LogP contribution >= 0.6 is 35.3 Å². The Hall–Kier alpha value is -0.830. The van der Waals surface area contributed by atoms with Crippen molar-refractivity contribution >= 4 is 47.2 Å².